The van der Waals surface area contributed by atoms with Crippen LogP contribution in [0.4, 0.5) is 4.39 Å². The Morgan fingerprint density at radius 1 is 1.23 bits per heavy atom. The summed E-state index contributed by atoms with van der Waals surface area (Å²) in [5.74, 6) is 0.0670. The lowest BCUT2D eigenvalue weighted by atomic mass is 9.85. The number of nitrogens with zero attached hydrogens (tertiary/aromatic N) is 1. The van der Waals surface area contributed by atoms with Crippen LogP contribution in [0.2, 0.25) is 0 Å². The van der Waals surface area contributed by atoms with Gasteiger partial charge in [-0.3, -0.25) is 9.59 Å². The second-order valence-corrected chi connectivity index (χ2v) is 10.4. The van der Waals surface area contributed by atoms with Crippen LogP contribution < -0.4 is 5.32 Å². The minimum Gasteiger partial charge on any atom is -0.350 e. The van der Waals surface area contributed by atoms with E-state index in [4.69, 9.17) is 0 Å². The summed E-state index contributed by atoms with van der Waals surface area (Å²) in [5.41, 5.74) is 0.943. The number of amides is 2. The number of carbonyl (C=O) groups is 2. The van der Waals surface area contributed by atoms with Crippen LogP contribution in [0.3, 0.4) is 0 Å². The van der Waals surface area contributed by atoms with Crippen molar-refractivity contribution < 1.29 is 14.0 Å². The number of hydrogen-bond donors (Lipinski definition) is 1. The Morgan fingerprint density at radius 3 is 2.63 bits per heavy atom. The fourth-order valence-electron chi connectivity index (χ4n) is 4.40. The SMILES string of the molecule is O=C1CCC(CCC(=O)N2CCC(Sc3ccc(F)cc3)CC2)(Cc2ccsc2)N1. The highest BCUT2D eigenvalue weighted by atomic mass is 32.2. The first-order valence-electron chi connectivity index (χ1n) is 10.5. The van der Waals surface area contributed by atoms with Gasteiger partial charge in [0.15, 0.2) is 0 Å². The minimum absolute atomic E-state index is 0.0938. The van der Waals surface area contributed by atoms with Gasteiger partial charge in [0, 0.05) is 41.6 Å². The molecule has 1 unspecified atom stereocenters. The first kappa shape index (κ1) is 21.4. The lowest BCUT2D eigenvalue weighted by Crippen LogP contribution is -2.45. The van der Waals surface area contributed by atoms with Crippen molar-refractivity contribution in [2.75, 3.05) is 13.1 Å². The van der Waals surface area contributed by atoms with Crippen LogP contribution in [0.5, 0.6) is 0 Å². The lowest BCUT2D eigenvalue weighted by Gasteiger charge is -2.34. The zero-order valence-corrected chi connectivity index (χ0v) is 18.6. The molecule has 2 fully saturated rings. The van der Waals surface area contributed by atoms with E-state index in [1.54, 1.807) is 23.1 Å². The van der Waals surface area contributed by atoms with Crippen LogP contribution in [0.15, 0.2) is 46.0 Å². The van der Waals surface area contributed by atoms with Crippen molar-refractivity contribution >= 4 is 34.9 Å². The van der Waals surface area contributed by atoms with Crippen molar-refractivity contribution in [2.24, 2.45) is 0 Å². The predicted molar refractivity (Wildman–Crippen MR) is 119 cm³/mol. The molecule has 2 aliphatic rings. The van der Waals surface area contributed by atoms with Crippen LogP contribution in [-0.2, 0) is 16.0 Å². The number of halogens is 1. The number of piperidine rings is 1. The van der Waals surface area contributed by atoms with E-state index < -0.39 is 0 Å². The largest absolute Gasteiger partial charge is 0.350 e. The van der Waals surface area contributed by atoms with Gasteiger partial charge in [-0.05, 0) is 78.8 Å². The van der Waals surface area contributed by atoms with Crippen molar-refractivity contribution in [3.8, 4) is 0 Å². The van der Waals surface area contributed by atoms with Crippen molar-refractivity contribution in [1.29, 1.82) is 0 Å². The van der Waals surface area contributed by atoms with Crippen LogP contribution in [0.25, 0.3) is 0 Å². The van der Waals surface area contributed by atoms with Gasteiger partial charge in [-0.15, -0.1) is 11.8 Å². The topological polar surface area (TPSA) is 49.4 Å². The summed E-state index contributed by atoms with van der Waals surface area (Å²) in [6.07, 6.45) is 5.20. The maximum absolute atomic E-state index is 13.1. The smallest absolute Gasteiger partial charge is 0.222 e. The van der Waals surface area contributed by atoms with E-state index >= 15 is 0 Å². The number of benzene rings is 1. The maximum atomic E-state index is 13.1. The van der Waals surface area contributed by atoms with E-state index in [2.05, 4.69) is 22.1 Å². The summed E-state index contributed by atoms with van der Waals surface area (Å²) in [6, 6.07) is 8.73. The fraction of sp³-hybridized carbons (Fsp3) is 0.478. The van der Waals surface area contributed by atoms with Gasteiger partial charge in [-0.1, -0.05) is 0 Å². The summed E-state index contributed by atoms with van der Waals surface area (Å²) >= 11 is 3.43. The first-order chi connectivity index (χ1) is 14.5. The number of thioether (sulfide) groups is 1. The number of nitrogens with one attached hydrogen (secondary N) is 1. The third-order valence-electron chi connectivity index (χ3n) is 6.09. The van der Waals surface area contributed by atoms with Gasteiger partial charge < -0.3 is 10.2 Å². The molecule has 2 amide bonds. The van der Waals surface area contributed by atoms with Gasteiger partial charge in [-0.25, -0.2) is 4.39 Å². The van der Waals surface area contributed by atoms with E-state index in [-0.39, 0.29) is 23.2 Å². The van der Waals surface area contributed by atoms with Crippen molar-refractivity contribution in [1.82, 2.24) is 10.2 Å². The molecule has 0 aliphatic carbocycles. The molecule has 1 aromatic heterocycles. The minimum atomic E-state index is -0.287. The summed E-state index contributed by atoms with van der Waals surface area (Å²) in [4.78, 5) is 27.8. The van der Waals surface area contributed by atoms with Gasteiger partial charge in [0.1, 0.15) is 5.82 Å². The molecule has 0 spiro atoms. The number of likely N-dealkylation sites (tertiary alicyclic amines) is 1. The molecule has 4 nitrogen and oxygen atoms in total. The van der Waals surface area contributed by atoms with Crippen molar-refractivity contribution in [3.05, 3.63) is 52.5 Å². The normalized spacial score (nSPS) is 22.3. The molecule has 1 aromatic carbocycles. The molecule has 7 heteroatoms. The Morgan fingerprint density at radius 2 is 2.00 bits per heavy atom. The third-order valence-corrected chi connectivity index (χ3v) is 8.17. The molecule has 4 rings (SSSR count). The molecule has 30 heavy (non-hydrogen) atoms. The average Bonchev–Trinajstić information content (AvgIpc) is 3.39. The Bertz CT molecular complexity index is 864. The summed E-state index contributed by atoms with van der Waals surface area (Å²) in [6.45, 7) is 1.53. The van der Waals surface area contributed by atoms with Gasteiger partial charge in [-0.2, -0.15) is 11.3 Å². The van der Waals surface area contributed by atoms with Crippen molar-refractivity contribution in [3.63, 3.8) is 0 Å². The van der Waals surface area contributed by atoms with Gasteiger partial charge in [0.05, 0.1) is 0 Å². The zero-order chi connectivity index (χ0) is 21.0. The van der Waals surface area contributed by atoms with E-state index in [0.717, 1.165) is 43.7 Å². The molecule has 2 saturated heterocycles. The Kier molecular flexibility index (Phi) is 6.78. The van der Waals surface area contributed by atoms with Gasteiger partial charge >= 0.3 is 0 Å². The molecule has 3 heterocycles. The van der Waals surface area contributed by atoms with E-state index in [1.807, 2.05) is 17.0 Å². The molecule has 0 bridgehead atoms. The molecule has 2 aromatic rings. The third kappa shape index (κ3) is 5.43. The Labute approximate surface area is 185 Å². The predicted octanol–water partition coefficient (Wildman–Crippen LogP) is 4.64. The zero-order valence-electron chi connectivity index (χ0n) is 16.9. The number of rotatable bonds is 7. The number of thiophene rings is 1. The molecule has 160 valence electrons. The van der Waals surface area contributed by atoms with E-state index in [9.17, 15) is 14.0 Å². The first-order valence-corrected chi connectivity index (χ1v) is 12.4. The van der Waals surface area contributed by atoms with Gasteiger partial charge in [0.2, 0.25) is 11.8 Å². The molecule has 2 aliphatic heterocycles. The molecule has 1 atom stereocenters. The molecular weight excluding hydrogens is 419 g/mol. The number of carbonyl (C=O) groups excluding carboxylic acids is 2. The lowest BCUT2D eigenvalue weighted by molar-refractivity contribution is -0.132. The second kappa shape index (κ2) is 9.52. The van der Waals surface area contributed by atoms with E-state index in [0.29, 0.717) is 24.5 Å². The number of hydrogen-bond acceptors (Lipinski definition) is 4. The quantitative estimate of drug-likeness (QED) is 0.674. The average molecular weight is 447 g/mol. The van der Waals surface area contributed by atoms with Crippen LogP contribution in [-0.4, -0.2) is 40.6 Å². The monoisotopic (exact) mass is 446 g/mol. The fourth-order valence-corrected chi connectivity index (χ4v) is 6.19. The Balaban J connectivity index is 1.26. The van der Waals surface area contributed by atoms with Gasteiger partial charge in [0.25, 0.3) is 0 Å². The maximum Gasteiger partial charge on any atom is 0.222 e. The second-order valence-electron chi connectivity index (χ2n) is 8.29. The Hall–Kier alpha value is -1.86. The highest BCUT2D eigenvalue weighted by Crippen LogP contribution is 2.33. The molecular formula is C23H27FN2O2S2. The summed E-state index contributed by atoms with van der Waals surface area (Å²) in [7, 11) is 0. The molecule has 1 N–H and O–H groups in total. The highest BCUT2D eigenvalue weighted by molar-refractivity contribution is 8.00. The summed E-state index contributed by atoms with van der Waals surface area (Å²) < 4.78 is 13.1. The van der Waals surface area contributed by atoms with E-state index in [1.165, 1.54) is 17.7 Å². The molecule has 0 saturated carbocycles. The molecule has 0 radical (unpaired) electrons. The standard InChI is InChI=1S/C23H27FN2O2S2/c24-18-1-3-19(4-2-18)30-20-7-12-26(13-8-20)22(28)6-11-23(10-5-21(27)25-23)15-17-9-14-29-16-17/h1-4,9,14,16,20H,5-8,10-13,15H2,(H,25,27). The highest BCUT2D eigenvalue weighted by Gasteiger charge is 2.38. The summed E-state index contributed by atoms with van der Waals surface area (Å²) in [5, 5.41) is 7.80. The van der Waals surface area contributed by atoms with Crippen molar-refractivity contribution in [2.45, 2.75) is 60.6 Å². The van der Waals surface area contributed by atoms with Crippen LogP contribution in [0.1, 0.15) is 44.1 Å². The van der Waals surface area contributed by atoms with Crippen LogP contribution in [0, 0.1) is 5.82 Å². The van der Waals surface area contributed by atoms with Crippen LogP contribution >= 0.6 is 23.1 Å².